The number of H-pyrrole nitrogens is 2. The van der Waals surface area contributed by atoms with Crippen molar-refractivity contribution in [3.8, 4) is 0 Å². The van der Waals surface area contributed by atoms with Crippen molar-refractivity contribution in [3.05, 3.63) is 32.1 Å². The molecular formula is C17H28N4O5. The average molecular weight is 368 g/mol. The number of ether oxygens (including phenoxy) is 1. The molecule has 26 heavy (non-hydrogen) atoms. The minimum atomic E-state index is -0.579. The van der Waals surface area contributed by atoms with Crippen molar-refractivity contribution in [1.29, 1.82) is 0 Å². The molecule has 2 rings (SSSR count). The number of aliphatic hydroxyl groups is 1. The Morgan fingerprint density at radius 2 is 2.00 bits per heavy atom. The van der Waals surface area contributed by atoms with Gasteiger partial charge in [0, 0.05) is 57.1 Å². The molecule has 1 saturated heterocycles. The molecule has 0 bridgehead atoms. The molecule has 0 saturated carbocycles. The highest BCUT2D eigenvalue weighted by molar-refractivity contribution is 5.79. The van der Waals surface area contributed by atoms with E-state index in [2.05, 4.69) is 14.9 Å². The Hall–Kier alpha value is -1.97. The van der Waals surface area contributed by atoms with Gasteiger partial charge in [-0.05, 0) is 19.9 Å². The second-order valence-corrected chi connectivity index (χ2v) is 6.95. The Morgan fingerprint density at radius 3 is 2.62 bits per heavy atom. The van der Waals surface area contributed by atoms with Crippen molar-refractivity contribution >= 4 is 5.91 Å². The van der Waals surface area contributed by atoms with Crippen LogP contribution in [0.25, 0.3) is 0 Å². The lowest BCUT2D eigenvalue weighted by molar-refractivity contribution is -0.129. The van der Waals surface area contributed by atoms with Crippen molar-refractivity contribution in [2.45, 2.75) is 13.3 Å². The lowest BCUT2D eigenvalue weighted by atomic mass is 9.96. The molecule has 9 nitrogen and oxygen atoms in total. The van der Waals surface area contributed by atoms with Crippen molar-refractivity contribution in [2.75, 3.05) is 53.6 Å². The fourth-order valence-corrected chi connectivity index (χ4v) is 3.40. The normalized spacial score (nSPS) is 20.1. The summed E-state index contributed by atoms with van der Waals surface area (Å²) in [5.74, 6) is 0.00539. The molecule has 0 spiro atoms. The van der Waals surface area contributed by atoms with Crippen molar-refractivity contribution in [2.24, 2.45) is 11.8 Å². The van der Waals surface area contributed by atoms with E-state index in [1.807, 2.05) is 7.05 Å². The van der Waals surface area contributed by atoms with Crippen LogP contribution in [0.1, 0.15) is 11.3 Å². The van der Waals surface area contributed by atoms with Crippen LogP contribution in [0.4, 0.5) is 0 Å². The van der Waals surface area contributed by atoms with Crippen LogP contribution in [-0.4, -0.2) is 84.3 Å². The number of likely N-dealkylation sites (N-methyl/N-ethyl adjacent to an activating group) is 1. The lowest BCUT2D eigenvalue weighted by Gasteiger charge is -2.23. The molecule has 9 heteroatoms. The first-order chi connectivity index (χ1) is 12.3. The van der Waals surface area contributed by atoms with Gasteiger partial charge in [0.1, 0.15) is 0 Å². The van der Waals surface area contributed by atoms with Gasteiger partial charge in [-0.3, -0.25) is 14.6 Å². The van der Waals surface area contributed by atoms with Gasteiger partial charge in [-0.25, -0.2) is 4.79 Å². The number of rotatable bonds is 8. The van der Waals surface area contributed by atoms with Crippen LogP contribution in [0.15, 0.2) is 9.59 Å². The topological polar surface area (TPSA) is 119 Å². The standard InChI is InChI=1S/C17H28N4O5/c1-11-14(16(24)19-17(25)18-11)6-15(23)21-8-12(13(9-21)10-22)7-20(2)4-5-26-3/h12-13,22H,4-10H2,1-3H3,(H2,18,19,24,25)/t12-,13-/m1/s1. The number of likely N-dealkylation sites (tertiary alicyclic amines) is 1. The zero-order chi connectivity index (χ0) is 19.3. The molecule has 1 aromatic heterocycles. The van der Waals surface area contributed by atoms with E-state index in [-0.39, 0.29) is 36.3 Å². The molecule has 0 radical (unpaired) electrons. The van der Waals surface area contributed by atoms with Gasteiger partial charge in [-0.1, -0.05) is 0 Å². The van der Waals surface area contributed by atoms with E-state index < -0.39 is 11.2 Å². The number of hydrogen-bond donors (Lipinski definition) is 3. The van der Waals surface area contributed by atoms with Crippen LogP contribution in [0.3, 0.4) is 0 Å². The van der Waals surface area contributed by atoms with Gasteiger partial charge >= 0.3 is 5.69 Å². The third kappa shape index (κ3) is 5.03. The summed E-state index contributed by atoms with van der Waals surface area (Å²) in [6, 6.07) is 0. The molecular weight excluding hydrogens is 340 g/mol. The number of nitrogens with one attached hydrogen (secondary N) is 2. The summed E-state index contributed by atoms with van der Waals surface area (Å²) in [6.07, 6.45) is -0.0671. The first kappa shape index (κ1) is 20.3. The van der Waals surface area contributed by atoms with Crippen LogP contribution in [-0.2, 0) is 16.0 Å². The highest BCUT2D eigenvalue weighted by Gasteiger charge is 2.35. The minimum Gasteiger partial charge on any atom is -0.396 e. The van der Waals surface area contributed by atoms with E-state index in [9.17, 15) is 19.5 Å². The Morgan fingerprint density at radius 1 is 1.31 bits per heavy atom. The number of aromatic nitrogens is 2. The van der Waals surface area contributed by atoms with E-state index >= 15 is 0 Å². The number of carbonyl (C=O) groups excluding carboxylic acids is 1. The predicted molar refractivity (Wildman–Crippen MR) is 96.1 cm³/mol. The first-order valence-electron chi connectivity index (χ1n) is 8.73. The van der Waals surface area contributed by atoms with Gasteiger partial charge in [0.15, 0.2) is 0 Å². The Bertz CT molecular complexity index is 729. The lowest BCUT2D eigenvalue weighted by Crippen LogP contribution is -2.35. The molecule has 146 valence electrons. The third-order valence-corrected chi connectivity index (χ3v) is 4.97. The monoisotopic (exact) mass is 368 g/mol. The largest absolute Gasteiger partial charge is 0.396 e. The maximum atomic E-state index is 12.6. The number of methoxy groups -OCH3 is 1. The van der Waals surface area contributed by atoms with Gasteiger partial charge in [0.25, 0.3) is 5.56 Å². The molecule has 1 aromatic rings. The number of aliphatic hydroxyl groups excluding tert-OH is 1. The zero-order valence-electron chi connectivity index (χ0n) is 15.6. The summed E-state index contributed by atoms with van der Waals surface area (Å²) < 4.78 is 5.07. The highest BCUT2D eigenvalue weighted by Crippen LogP contribution is 2.24. The molecule has 0 unspecified atom stereocenters. The second-order valence-electron chi connectivity index (χ2n) is 6.95. The smallest absolute Gasteiger partial charge is 0.325 e. The number of aryl methyl sites for hydroxylation is 1. The van der Waals surface area contributed by atoms with E-state index in [1.54, 1.807) is 18.9 Å². The van der Waals surface area contributed by atoms with Crippen molar-refractivity contribution in [3.63, 3.8) is 0 Å². The van der Waals surface area contributed by atoms with Crippen LogP contribution in [0.5, 0.6) is 0 Å². The molecule has 1 amide bonds. The van der Waals surface area contributed by atoms with Crippen LogP contribution >= 0.6 is 0 Å². The number of nitrogens with zero attached hydrogens (tertiary/aromatic N) is 2. The molecule has 2 heterocycles. The van der Waals surface area contributed by atoms with Crippen LogP contribution < -0.4 is 11.2 Å². The fourth-order valence-electron chi connectivity index (χ4n) is 3.40. The van der Waals surface area contributed by atoms with Gasteiger partial charge in [-0.15, -0.1) is 0 Å². The fraction of sp³-hybridized carbons (Fsp3) is 0.706. The highest BCUT2D eigenvalue weighted by atomic mass is 16.5. The maximum absolute atomic E-state index is 12.6. The molecule has 3 N–H and O–H groups in total. The summed E-state index contributed by atoms with van der Waals surface area (Å²) in [7, 11) is 3.64. The summed E-state index contributed by atoms with van der Waals surface area (Å²) in [5, 5.41) is 9.66. The predicted octanol–water partition coefficient (Wildman–Crippen LogP) is -1.44. The SMILES string of the molecule is COCCN(C)C[C@@H]1CN(C(=O)Cc2c(C)[nH]c(=O)[nH]c2=O)C[C@@H]1CO. The quantitative estimate of drug-likeness (QED) is 0.517. The molecule has 2 atom stereocenters. The Labute approximate surface area is 152 Å². The van der Waals surface area contributed by atoms with E-state index in [0.29, 0.717) is 25.4 Å². The van der Waals surface area contributed by atoms with Crippen LogP contribution in [0, 0.1) is 18.8 Å². The number of carbonyl (C=O) groups is 1. The Kier molecular flexibility index (Phi) is 7.13. The van der Waals surface area contributed by atoms with E-state index in [4.69, 9.17) is 4.74 Å². The second kappa shape index (κ2) is 9.11. The summed E-state index contributed by atoms with van der Waals surface area (Å²) in [4.78, 5) is 44.3. The number of hydrogen-bond acceptors (Lipinski definition) is 6. The summed E-state index contributed by atoms with van der Waals surface area (Å²) >= 11 is 0. The molecule has 0 aliphatic carbocycles. The van der Waals surface area contributed by atoms with Gasteiger partial charge < -0.3 is 24.6 Å². The number of aromatic amines is 2. The maximum Gasteiger partial charge on any atom is 0.325 e. The van der Waals surface area contributed by atoms with E-state index in [0.717, 1.165) is 13.1 Å². The zero-order valence-corrected chi connectivity index (χ0v) is 15.6. The van der Waals surface area contributed by atoms with Gasteiger partial charge in [0.05, 0.1) is 13.0 Å². The van der Waals surface area contributed by atoms with Crippen molar-refractivity contribution < 1.29 is 14.6 Å². The molecule has 1 aliphatic rings. The van der Waals surface area contributed by atoms with Gasteiger partial charge in [0.2, 0.25) is 5.91 Å². The van der Waals surface area contributed by atoms with Gasteiger partial charge in [-0.2, -0.15) is 0 Å². The molecule has 1 aliphatic heterocycles. The first-order valence-corrected chi connectivity index (χ1v) is 8.73. The average Bonchev–Trinajstić information content (AvgIpc) is 2.99. The number of amides is 1. The summed E-state index contributed by atoms with van der Waals surface area (Å²) in [5.41, 5.74) is -0.436. The molecule has 1 fully saturated rings. The summed E-state index contributed by atoms with van der Waals surface area (Å²) in [6.45, 7) is 4.81. The third-order valence-electron chi connectivity index (χ3n) is 4.97. The minimum absolute atomic E-state index is 0.0129. The Balaban J connectivity index is 2.02. The molecule has 0 aromatic carbocycles. The van der Waals surface area contributed by atoms with Crippen molar-refractivity contribution in [1.82, 2.24) is 19.8 Å². The van der Waals surface area contributed by atoms with Crippen LogP contribution in [0.2, 0.25) is 0 Å². The van der Waals surface area contributed by atoms with E-state index in [1.165, 1.54) is 0 Å².